The molecule has 0 bridgehead atoms. The van der Waals surface area contributed by atoms with Crippen molar-refractivity contribution in [3.8, 4) is 11.5 Å². The number of aliphatic carboxylic acids is 1. The molecule has 1 aromatic carbocycles. The number of nitrogens with zero attached hydrogens (tertiary/aromatic N) is 1. The maximum Gasteiger partial charge on any atom is 0.311 e. The number of carbonyl (C=O) groups excluding carboxylic acids is 1. The Hall–Kier alpha value is -2.28. The van der Waals surface area contributed by atoms with Crippen LogP contribution in [-0.2, 0) is 14.3 Å². The van der Waals surface area contributed by atoms with Crippen molar-refractivity contribution in [3.05, 3.63) is 23.8 Å². The van der Waals surface area contributed by atoms with E-state index in [4.69, 9.17) is 14.2 Å². The first-order valence-corrected chi connectivity index (χ1v) is 9.32. The van der Waals surface area contributed by atoms with Gasteiger partial charge in [0.25, 0.3) is 0 Å². The number of fused-ring (bicyclic) bond motifs is 1. The molecular formula is C20H25NO6. The zero-order chi connectivity index (χ0) is 19.2. The summed E-state index contributed by atoms with van der Waals surface area (Å²) >= 11 is 0. The van der Waals surface area contributed by atoms with E-state index in [-0.39, 0.29) is 30.2 Å². The van der Waals surface area contributed by atoms with E-state index in [1.807, 2.05) is 18.2 Å². The molecular weight excluding hydrogens is 350 g/mol. The Balaban J connectivity index is 1.50. The van der Waals surface area contributed by atoms with Gasteiger partial charge >= 0.3 is 5.97 Å². The molecule has 7 heteroatoms. The minimum Gasteiger partial charge on any atom is -0.497 e. The number of carboxylic acid groups (broad SMARTS) is 1. The van der Waals surface area contributed by atoms with Crippen molar-refractivity contribution in [2.24, 2.45) is 17.3 Å². The first-order valence-electron chi connectivity index (χ1n) is 9.32. The summed E-state index contributed by atoms with van der Waals surface area (Å²) in [4.78, 5) is 26.7. The first kappa shape index (κ1) is 18.1. The zero-order valence-corrected chi connectivity index (χ0v) is 15.6. The average Bonchev–Trinajstić information content (AvgIpc) is 3.38. The maximum absolute atomic E-state index is 13.1. The van der Waals surface area contributed by atoms with Gasteiger partial charge in [-0.25, -0.2) is 0 Å². The van der Waals surface area contributed by atoms with Gasteiger partial charge in [0.05, 0.1) is 26.2 Å². The molecule has 0 radical (unpaired) electrons. The van der Waals surface area contributed by atoms with Crippen LogP contribution < -0.4 is 9.47 Å². The molecule has 1 N–H and O–H groups in total. The summed E-state index contributed by atoms with van der Waals surface area (Å²) in [5, 5.41) is 9.78. The zero-order valence-electron chi connectivity index (χ0n) is 15.6. The third-order valence-corrected chi connectivity index (χ3v) is 6.39. The predicted octanol–water partition coefficient (Wildman–Crippen LogP) is 1.76. The Kier molecular flexibility index (Phi) is 4.50. The van der Waals surface area contributed by atoms with Crippen LogP contribution in [0.1, 0.15) is 24.3 Å². The fourth-order valence-corrected chi connectivity index (χ4v) is 4.64. The van der Waals surface area contributed by atoms with Crippen LogP contribution in [0, 0.1) is 17.3 Å². The third kappa shape index (κ3) is 2.94. The second kappa shape index (κ2) is 6.71. The Morgan fingerprint density at radius 1 is 1.30 bits per heavy atom. The summed E-state index contributed by atoms with van der Waals surface area (Å²) in [6.45, 7) is 1.60. The highest BCUT2D eigenvalue weighted by Crippen LogP contribution is 2.53. The summed E-state index contributed by atoms with van der Waals surface area (Å²) in [5.41, 5.74) is 0.120. The molecule has 1 saturated carbocycles. The van der Waals surface area contributed by atoms with E-state index < -0.39 is 11.4 Å². The van der Waals surface area contributed by atoms with Gasteiger partial charge in [0.15, 0.2) is 0 Å². The standard InChI is InChI=1S/C20H25NO6/c1-25-13-3-4-17(26-2)15(7-13)14-8-16(14)18(22)21-9-12-10-27-6-5-20(12,11-21)19(23)24/h3-4,7,12,14,16H,5-6,8-11H2,1-2H3,(H,23,24)/t12-,14?,16?,20+/m0/s1. The Morgan fingerprint density at radius 2 is 2.11 bits per heavy atom. The lowest BCUT2D eigenvalue weighted by atomic mass is 9.74. The quantitative estimate of drug-likeness (QED) is 0.844. The molecule has 2 heterocycles. The topological polar surface area (TPSA) is 85.3 Å². The molecule has 4 atom stereocenters. The van der Waals surface area contributed by atoms with E-state index in [0.29, 0.717) is 26.2 Å². The monoisotopic (exact) mass is 375 g/mol. The number of likely N-dealkylation sites (tertiary alicyclic amines) is 1. The lowest BCUT2D eigenvalue weighted by Crippen LogP contribution is -2.45. The van der Waals surface area contributed by atoms with Crippen molar-refractivity contribution < 1.29 is 28.9 Å². The van der Waals surface area contributed by atoms with Gasteiger partial charge in [-0.15, -0.1) is 0 Å². The highest BCUT2D eigenvalue weighted by atomic mass is 16.5. The molecule has 2 saturated heterocycles. The molecule has 3 aliphatic rings. The van der Waals surface area contributed by atoms with Crippen LogP contribution in [0.2, 0.25) is 0 Å². The van der Waals surface area contributed by atoms with Gasteiger partial charge in [0, 0.05) is 43.0 Å². The fraction of sp³-hybridized carbons (Fsp3) is 0.600. The molecule has 1 aliphatic carbocycles. The third-order valence-electron chi connectivity index (χ3n) is 6.39. The van der Waals surface area contributed by atoms with E-state index >= 15 is 0 Å². The summed E-state index contributed by atoms with van der Waals surface area (Å²) in [6, 6.07) is 5.62. The molecule has 146 valence electrons. The maximum atomic E-state index is 13.1. The van der Waals surface area contributed by atoms with Crippen molar-refractivity contribution in [2.75, 3.05) is 40.5 Å². The van der Waals surface area contributed by atoms with Crippen LogP contribution in [0.4, 0.5) is 0 Å². The normalized spacial score (nSPS) is 31.9. The predicted molar refractivity (Wildman–Crippen MR) is 96.0 cm³/mol. The molecule has 7 nitrogen and oxygen atoms in total. The van der Waals surface area contributed by atoms with Gasteiger partial charge in [0.1, 0.15) is 11.5 Å². The SMILES string of the molecule is COc1ccc(OC)c(C2CC2C(=O)N2C[C@H]3COCC[C@@]3(C(=O)O)C2)c1. The number of ether oxygens (including phenoxy) is 3. The molecule has 2 aliphatic heterocycles. The number of hydrogen-bond donors (Lipinski definition) is 1. The molecule has 2 unspecified atom stereocenters. The van der Waals surface area contributed by atoms with Gasteiger partial charge in [-0.3, -0.25) is 9.59 Å². The van der Waals surface area contributed by atoms with E-state index in [1.54, 1.807) is 19.1 Å². The molecule has 27 heavy (non-hydrogen) atoms. The lowest BCUT2D eigenvalue weighted by molar-refractivity contribution is -0.157. The van der Waals surface area contributed by atoms with Crippen LogP contribution in [0.3, 0.4) is 0 Å². The largest absolute Gasteiger partial charge is 0.497 e. The van der Waals surface area contributed by atoms with Crippen molar-refractivity contribution in [1.82, 2.24) is 4.90 Å². The fourth-order valence-electron chi connectivity index (χ4n) is 4.64. The van der Waals surface area contributed by atoms with E-state index in [0.717, 1.165) is 23.5 Å². The van der Waals surface area contributed by atoms with Crippen molar-refractivity contribution in [1.29, 1.82) is 0 Å². The number of hydrogen-bond acceptors (Lipinski definition) is 5. The highest BCUT2D eigenvalue weighted by molar-refractivity contribution is 5.85. The Labute approximate surface area is 158 Å². The second-order valence-electron chi connectivity index (χ2n) is 7.76. The van der Waals surface area contributed by atoms with Crippen LogP contribution in [0.5, 0.6) is 11.5 Å². The van der Waals surface area contributed by atoms with Crippen LogP contribution >= 0.6 is 0 Å². The number of amides is 1. The van der Waals surface area contributed by atoms with Crippen LogP contribution in [0.15, 0.2) is 18.2 Å². The second-order valence-corrected chi connectivity index (χ2v) is 7.76. The van der Waals surface area contributed by atoms with Gasteiger partial charge in [-0.1, -0.05) is 0 Å². The molecule has 0 spiro atoms. The van der Waals surface area contributed by atoms with E-state index in [9.17, 15) is 14.7 Å². The number of carboxylic acids is 1. The van der Waals surface area contributed by atoms with Crippen molar-refractivity contribution in [3.63, 3.8) is 0 Å². The van der Waals surface area contributed by atoms with Crippen molar-refractivity contribution >= 4 is 11.9 Å². The smallest absolute Gasteiger partial charge is 0.311 e. The number of methoxy groups -OCH3 is 2. The van der Waals surface area contributed by atoms with Crippen LogP contribution in [0.25, 0.3) is 0 Å². The van der Waals surface area contributed by atoms with Crippen LogP contribution in [-0.4, -0.2) is 62.4 Å². The van der Waals surface area contributed by atoms with Gasteiger partial charge in [0.2, 0.25) is 5.91 Å². The molecule has 3 fully saturated rings. The summed E-state index contributed by atoms with van der Waals surface area (Å²) < 4.78 is 16.2. The molecule has 1 amide bonds. The van der Waals surface area contributed by atoms with Gasteiger partial charge in [-0.2, -0.15) is 0 Å². The summed E-state index contributed by atoms with van der Waals surface area (Å²) in [5.74, 6) is 0.545. The number of carbonyl (C=O) groups is 2. The Morgan fingerprint density at radius 3 is 2.78 bits per heavy atom. The highest BCUT2D eigenvalue weighted by Gasteiger charge is 2.57. The first-order chi connectivity index (χ1) is 13.0. The average molecular weight is 375 g/mol. The summed E-state index contributed by atoms with van der Waals surface area (Å²) in [7, 11) is 3.23. The minimum absolute atomic E-state index is 0.0416. The summed E-state index contributed by atoms with van der Waals surface area (Å²) in [6.07, 6.45) is 1.22. The van der Waals surface area contributed by atoms with Crippen molar-refractivity contribution in [2.45, 2.75) is 18.8 Å². The Bertz CT molecular complexity index is 765. The number of rotatable bonds is 5. The van der Waals surface area contributed by atoms with Gasteiger partial charge in [-0.05, 0) is 31.0 Å². The molecule has 1 aromatic rings. The van der Waals surface area contributed by atoms with E-state index in [2.05, 4.69) is 0 Å². The molecule has 4 rings (SSSR count). The number of benzene rings is 1. The van der Waals surface area contributed by atoms with E-state index in [1.165, 1.54) is 0 Å². The molecule has 0 aromatic heterocycles. The lowest BCUT2D eigenvalue weighted by Gasteiger charge is -2.33. The minimum atomic E-state index is -0.855. The van der Waals surface area contributed by atoms with Gasteiger partial charge < -0.3 is 24.2 Å².